The molecule has 0 unspecified atom stereocenters. The van der Waals surface area contributed by atoms with E-state index in [0.717, 1.165) is 23.9 Å². The summed E-state index contributed by atoms with van der Waals surface area (Å²) in [4.78, 5) is 16.6. The molecule has 0 bridgehead atoms. The number of halogens is 6. The number of thioether (sulfide) groups is 1. The van der Waals surface area contributed by atoms with E-state index in [1.54, 1.807) is 30.3 Å². The van der Waals surface area contributed by atoms with Gasteiger partial charge in [0.05, 0.1) is 36.8 Å². The van der Waals surface area contributed by atoms with E-state index in [1.165, 1.54) is 12.1 Å². The minimum absolute atomic E-state index is 0.000536. The van der Waals surface area contributed by atoms with Crippen molar-refractivity contribution in [2.24, 2.45) is 4.99 Å². The van der Waals surface area contributed by atoms with Crippen molar-refractivity contribution < 1.29 is 22.4 Å². The van der Waals surface area contributed by atoms with Gasteiger partial charge in [-0.25, -0.2) is 4.99 Å². The van der Waals surface area contributed by atoms with Gasteiger partial charge in [-0.15, -0.1) is 0 Å². The lowest BCUT2D eigenvalue weighted by molar-refractivity contribution is -0.137. The summed E-state index contributed by atoms with van der Waals surface area (Å²) in [5.74, 6) is 0.318. The van der Waals surface area contributed by atoms with Gasteiger partial charge in [-0.1, -0.05) is 40.9 Å². The molecule has 164 valence electrons. The molecule has 1 amide bonds. The molecule has 0 radical (unpaired) electrons. The number of nitrogens with one attached hydrogen (secondary N) is 1. The molecule has 0 spiro atoms. The number of aliphatic imine (C=N–C) groups is 1. The smallest absolute Gasteiger partial charge is 0.417 e. The summed E-state index contributed by atoms with van der Waals surface area (Å²) in [5.41, 5.74) is -0.485. The van der Waals surface area contributed by atoms with Crippen LogP contribution in [-0.4, -0.2) is 11.1 Å². The number of amides is 1. The monoisotopic (exact) mass is 516 g/mol. The second-order valence-electron chi connectivity index (χ2n) is 6.44. The third-order valence-corrected chi connectivity index (χ3v) is 6.12. The molecular formula is C21H10Cl3F3N2O2S. The molecule has 2 aromatic carbocycles. The number of benzene rings is 2. The highest BCUT2D eigenvalue weighted by Gasteiger charge is 2.33. The van der Waals surface area contributed by atoms with Crippen molar-refractivity contribution in [2.45, 2.75) is 6.18 Å². The summed E-state index contributed by atoms with van der Waals surface area (Å²) in [6, 6.07) is 11.6. The van der Waals surface area contributed by atoms with Crippen LogP contribution in [0.4, 0.5) is 18.9 Å². The number of carbonyl (C=O) groups is 1. The minimum Gasteiger partial charge on any atom is -0.457 e. The van der Waals surface area contributed by atoms with E-state index in [4.69, 9.17) is 39.2 Å². The van der Waals surface area contributed by atoms with Gasteiger partial charge in [-0.05, 0) is 54.2 Å². The van der Waals surface area contributed by atoms with E-state index in [2.05, 4.69) is 10.3 Å². The van der Waals surface area contributed by atoms with Crippen molar-refractivity contribution in [1.29, 1.82) is 0 Å². The molecule has 0 atom stereocenters. The average Bonchev–Trinajstić information content (AvgIpc) is 3.29. The Morgan fingerprint density at radius 3 is 2.41 bits per heavy atom. The van der Waals surface area contributed by atoms with Gasteiger partial charge >= 0.3 is 6.18 Å². The summed E-state index contributed by atoms with van der Waals surface area (Å²) in [6.45, 7) is 0. The Bertz CT molecular complexity index is 1270. The Morgan fingerprint density at radius 1 is 1.00 bits per heavy atom. The Labute approximate surface area is 199 Å². The molecule has 1 aromatic heterocycles. The lowest BCUT2D eigenvalue weighted by atomic mass is 10.2. The fourth-order valence-corrected chi connectivity index (χ4v) is 4.46. The van der Waals surface area contributed by atoms with Crippen LogP contribution < -0.4 is 5.32 Å². The zero-order chi connectivity index (χ0) is 23.0. The van der Waals surface area contributed by atoms with Crippen LogP contribution in [0.5, 0.6) is 0 Å². The molecular weight excluding hydrogens is 508 g/mol. The second kappa shape index (κ2) is 8.86. The number of alkyl halides is 3. The molecule has 4 nitrogen and oxygen atoms in total. The van der Waals surface area contributed by atoms with Gasteiger partial charge < -0.3 is 9.73 Å². The highest BCUT2D eigenvalue weighted by molar-refractivity contribution is 8.18. The van der Waals surface area contributed by atoms with Gasteiger partial charge in [0.1, 0.15) is 11.5 Å². The van der Waals surface area contributed by atoms with Crippen molar-refractivity contribution in [1.82, 2.24) is 5.32 Å². The van der Waals surface area contributed by atoms with Crippen LogP contribution >= 0.6 is 46.6 Å². The Balaban J connectivity index is 1.58. The zero-order valence-corrected chi connectivity index (χ0v) is 18.7. The Kier molecular flexibility index (Phi) is 6.31. The molecule has 32 heavy (non-hydrogen) atoms. The number of hydrogen-bond donors (Lipinski definition) is 1. The molecule has 11 heteroatoms. The Hall–Kier alpha value is -2.39. The third-order valence-electron chi connectivity index (χ3n) is 4.25. The predicted molar refractivity (Wildman–Crippen MR) is 121 cm³/mol. The van der Waals surface area contributed by atoms with E-state index in [9.17, 15) is 18.0 Å². The fourth-order valence-electron chi connectivity index (χ4n) is 2.83. The van der Waals surface area contributed by atoms with Crippen LogP contribution in [0.25, 0.3) is 17.4 Å². The molecule has 3 aromatic rings. The lowest BCUT2D eigenvalue weighted by Gasteiger charge is -2.09. The van der Waals surface area contributed by atoms with Crippen molar-refractivity contribution in [3.05, 3.63) is 79.8 Å². The molecule has 2 heterocycles. The zero-order valence-electron chi connectivity index (χ0n) is 15.6. The van der Waals surface area contributed by atoms with E-state index in [0.29, 0.717) is 27.1 Å². The lowest BCUT2D eigenvalue weighted by Crippen LogP contribution is -2.19. The molecule has 1 aliphatic heterocycles. The van der Waals surface area contributed by atoms with Gasteiger partial charge in [0.2, 0.25) is 0 Å². The molecule has 1 N–H and O–H groups in total. The largest absolute Gasteiger partial charge is 0.457 e. The summed E-state index contributed by atoms with van der Waals surface area (Å²) in [6.07, 6.45) is -3.13. The topological polar surface area (TPSA) is 54.6 Å². The number of nitrogens with zero attached hydrogens (tertiary/aromatic N) is 1. The fraction of sp³-hybridized carbons (Fsp3) is 0.0476. The number of furan rings is 1. The first-order valence-electron chi connectivity index (χ1n) is 8.82. The summed E-state index contributed by atoms with van der Waals surface area (Å²) in [7, 11) is 0. The molecule has 0 aliphatic carbocycles. The van der Waals surface area contributed by atoms with E-state index in [-0.39, 0.29) is 15.8 Å². The van der Waals surface area contributed by atoms with Crippen LogP contribution in [0.3, 0.4) is 0 Å². The first-order valence-corrected chi connectivity index (χ1v) is 10.8. The molecule has 0 saturated carbocycles. The molecule has 4 rings (SSSR count). The quantitative estimate of drug-likeness (QED) is 0.360. The minimum atomic E-state index is -4.62. The summed E-state index contributed by atoms with van der Waals surface area (Å²) >= 11 is 19.0. The Morgan fingerprint density at radius 2 is 1.72 bits per heavy atom. The number of hydrogen-bond acceptors (Lipinski definition) is 4. The van der Waals surface area contributed by atoms with Crippen LogP contribution in [0, 0.1) is 0 Å². The highest BCUT2D eigenvalue weighted by atomic mass is 35.5. The maximum absolute atomic E-state index is 13.0. The second-order valence-corrected chi connectivity index (χ2v) is 8.69. The molecule has 1 aliphatic rings. The average molecular weight is 518 g/mol. The van der Waals surface area contributed by atoms with Crippen molar-refractivity contribution >= 4 is 69.4 Å². The highest BCUT2D eigenvalue weighted by Crippen LogP contribution is 2.38. The number of amidine groups is 1. The molecule has 1 fully saturated rings. The predicted octanol–water partition coefficient (Wildman–Crippen LogP) is 7.82. The maximum atomic E-state index is 13.0. The summed E-state index contributed by atoms with van der Waals surface area (Å²) in [5, 5.41) is 3.02. The van der Waals surface area contributed by atoms with Gasteiger partial charge in [-0.2, -0.15) is 13.2 Å². The third kappa shape index (κ3) is 4.83. The molecule has 1 saturated heterocycles. The standard InChI is InChI=1S/C21H10Cl3F3N2O2S/c22-13-6-4-10(8-12(13)21(25,26)27)28-20-29-19(30)17(32-20)9-11-5-7-16(31-11)18-14(23)2-1-3-15(18)24/h1-9H,(H,28,29,30)/b17-9+. The van der Waals surface area contributed by atoms with Gasteiger partial charge in [0.15, 0.2) is 5.17 Å². The van der Waals surface area contributed by atoms with Crippen molar-refractivity contribution in [3.8, 4) is 11.3 Å². The first-order chi connectivity index (χ1) is 15.1. The van der Waals surface area contributed by atoms with Crippen molar-refractivity contribution in [2.75, 3.05) is 0 Å². The van der Waals surface area contributed by atoms with Crippen LogP contribution in [0.15, 0.2) is 62.8 Å². The van der Waals surface area contributed by atoms with E-state index in [1.807, 2.05) is 0 Å². The van der Waals surface area contributed by atoms with Crippen LogP contribution in [-0.2, 0) is 11.0 Å². The summed E-state index contributed by atoms with van der Waals surface area (Å²) < 4.78 is 44.9. The van der Waals surface area contributed by atoms with E-state index < -0.39 is 22.7 Å². The van der Waals surface area contributed by atoms with Gasteiger partial charge in [0.25, 0.3) is 5.91 Å². The SMILES string of the molecule is O=C1NC(=Nc2ccc(Cl)c(C(F)(F)F)c2)S/C1=C/c1ccc(-c2c(Cl)cccc2Cl)o1. The van der Waals surface area contributed by atoms with Crippen LogP contribution in [0.1, 0.15) is 11.3 Å². The first kappa shape index (κ1) is 22.8. The number of rotatable bonds is 3. The number of carbonyl (C=O) groups excluding carboxylic acids is 1. The van der Waals surface area contributed by atoms with E-state index >= 15 is 0 Å². The maximum Gasteiger partial charge on any atom is 0.417 e. The van der Waals surface area contributed by atoms with Gasteiger partial charge in [-0.3, -0.25) is 4.79 Å². The van der Waals surface area contributed by atoms with Crippen LogP contribution in [0.2, 0.25) is 15.1 Å². The van der Waals surface area contributed by atoms with Gasteiger partial charge in [0, 0.05) is 6.08 Å². The van der Waals surface area contributed by atoms with Crippen molar-refractivity contribution in [3.63, 3.8) is 0 Å². The normalized spacial score (nSPS) is 16.8.